The quantitative estimate of drug-likeness (QED) is 0.331. The molecule has 1 amide bonds. The van der Waals surface area contributed by atoms with Gasteiger partial charge in [-0.05, 0) is 30.5 Å². The molecule has 1 aliphatic rings. The molecule has 0 aromatic heterocycles. The Morgan fingerprint density at radius 1 is 1.38 bits per heavy atom. The molecule has 114 valence electrons. The van der Waals surface area contributed by atoms with Crippen LogP contribution in [0.3, 0.4) is 0 Å². The number of phenolic OH excluding ortho intramolecular Hbond substituents is 1. The Labute approximate surface area is 123 Å². The zero-order valence-electron chi connectivity index (χ0n) is 11.9. The lowest BCUT2D eigenvalue weighted by Crippen LogP contribution is -2.44. The number of nitrogens with two attached hydrogens (primary N) is 1. The molecule has 21 heavy (non-hydrogen) atoms. The third-order valence-electron chi connectivity index (χ3n) is 3.81. The topological polar surface area (TPSA) is 99.2 Å². The Morgan fingerprint density at radius 2 is 2.10 bits per heavy atom. The summed E-state index contributed by atoms with van der Waals surface area (Å²) < 4.78 is 0. The molecule has 0 bridgehead atoms. The summed E-state index contributed by atoms with van der Waals surface area (Å²) in [5.41, 5.74) is 6.32. The number of benzene rings is 1. The van der Waals surface area contributed by atoms with Gasteiger partial charge >= 0.3 is 0 Å². The molecule has 1 fully saturated rings. The Balaban J connectivity index is 2.09. The maximum Gasteiger partial charge on any atom is 0.227 e. The van der Waals surface area contributed by atoms with Crippen LogP contribution in [0.2, 0.25) is 0 Å². The number of nitrogens with zero attached hydrogens (tertiary/aromatic N) is 2. The van der Waals surface area contributed by atoms with E-state index in [9.17, 15) is 9.90 Å². The van der Waals surface area contributed by atoms with Crippen molar-refractivity contribution in [1.29, 1.82) is 0 Å². The van der Waals surface area contributed by atoms with Gasteiger partial charge in [0.1, 0.15) is 5.75 Å². The summed E-state index contributed by atoms with van der Waals surface area (Å²) in [6.45, 7) is 0.138. The molecule has 0 radical (unpaired) electrons. The number of carbonyl (C=O) groups excluding carboxylic acids is 1. The van der Waals surface area contributed by atoms with Gasteiger partial charge in [0, 0.05) is 6.04 Å². The predicted molar refractivity (Wildman–Crippen MR) is 79.2 cm³/mol. The van der Waals surface area contributed by atoms with Crippen LogP contribution < -0.4 is 5.73 Å². The van der Waals surface area contributed by atoms with Crippen molar-refractivity contribution in [3.63, 3.8) is 0 Å². The van der Waals surface area contributed by atoms with Crippen LogP contribution in [-0.4, -0.2) is 39.5 Å². The van der Waals surface area contributed by atoms with Crippen LogP contribution >= 0.6 is 0 Å². The molecule has 0 unspecified atom stereocenters. The van der Waals surface area contributed by atoms with Gasteiger partial charge < -0.3 is 20.9 Å². The van der Waals surface area contributed by atoms with Gasteiger partial charge in [-0.15, -0.1) is 0 Å². The highest BCUT2D eigenvalue weighted by Gasteiger charge is 2.27. The van der Waals surface area contributed by atoms with Gasteiger partial charge in [0.05, 0.1) is 13.0 Å². The highest BCUT2D eigenvalue weighted by atomic mass is 16.4. The van der Waals surface area contributed by atoms with Crippen molar-refractivity contribution in [2.24, 2.45) is 10.9 Å². The van der Waals surface area contributed by atoms with Crippen LogP contribution in [0.25, 0.3) is 0 Å². The zero-order chi connectivity index (χ0) is 15.2. The summed E-state index contributed by atoms with van der Waals surface area (Å²) in [4.78, 5) is 14.2. The van der Waals surface area contributed by atoms with E-state index >= 15 is 0 Å². The van der Waals surface area contributed by atoms with Gasteiger partial charge in [0.25, 0.3) is 0 Å². The molecule has 0 heterocycles. The molecule has 2 rings (SSSR count). The van der Waals surface area contributed by atoms with Crippen molar-refractivity contribution in [2.75, 3.05) is 6.54 Å². The average molecular weight is 291 g/mol. The smallest absolute Gasteiger partial charge is 0.227 e. The second kappa shape index (κ2) is 6.97. The van der Waals surface area contributed by atoms with Crippen LogP contribution in [0.4, 0.5) is 0 Å². The van der Waals surface area contributed by atoms with Gasteiger partial charge in [-0.25, -0.2) is 0 Å². The monoisotopic (exact) mass is 291 g/mol. The summed E-state index contributed by atoms with van der Waals surface area (Å²) in [6.07, 6.45) is 4.28. The summed E-state index contributed by atoms with van der Waals surface area (Å²) in [7, 11) is 0. The van der Waals surface area contributed by atoms with E-state index in [0.29, 0.717) is 0 Å². The molecule has 4 N–H and O–H groups in total. The molecule has 1 aliphatic carbocycles. The van der Waals surface area contributed by atoms with Crippen molar-refractivity contribution in [1.82, 2.24) is 4.90 Å². The highest BCUT2D eigenvalue weighted by Crippen LogP contribution is 2.24. The molecule has 1 aromatic carbocycles. The third-order valence-corrected chi connectivity index (χ3v) is 3.81. The number of rotatable bonds is 5. The maximum absolute atomic E-state index is 12.5. The first kappa shape index (κ1) is 15.2. The third kappa shape index (κ3) is 4.11. The molecular weight excluding hydrogens is 270 g/mol. The standard InChI is InChI=1S/C15H21N3O3/c16-14(17-21)10-18(12-5-1-2-6-12)15(20)9-11-4-3-7-13(19)8-11/h3-4,7-8,12,19,21H,1-2,5-6,9-10H2,(H2,16,17). The van der Waals surface area contributed by atoms with Gasteiger partial charge in [-0.2, -0.15) is 0 Å². The van der Waals surface area contributed by atoms with E-state index in [2.05, 4.69) is 5.16 Å². The SMILES string of the molecule is NC(CN(C(=O)Cc1cccc(O)c1)C1CCCC1)=NO. The van der Waals surface area contributed by atoms with E-state index in [0.717, 1.165) is 31.2 Å². The minimum absolute atomic E-state index is 0.0335. The van der Waals surface area contributed by atoms with Gasteiger partial charge in [-0.1, -0.05) is 30.1 Å². The molecule has 6 nitrogen and oxygen atoms in total. The lowest BCUT2D eigenvalue weighted by molar-refractivity contribution is -0.131. The second-order valence-electron chi connectivity index (χ2n) is 5.40. The Kier molecular flexibility index (Phi) is 5.03. The molecule has 0 spiro atoms. The Bertz CT molecular complexity index is 525. The van der Waals surface area contributed by atoms with E-state index in [1.807, 2.05) is 0 Å². The zero-order valence-corrected chi connectivity index (χ0v) is 11.9. The molecule has 6 heteroatoms. The second-order valence-corrected chi connectivity index (χ2v) is 5.40. The van der Waals surface area contributed by atoms with Crippen molar-refractivity contribution in [3.8, 4) is 5.75 Å². The van der Waals surface area contributed by atoms with Crippen LogP contribution in [0, 0.1) is 0 Å². The Hall–Kier alpha value is -2.24. The number of phenols is 1. The Morgan fingerprint density at radius 3 is 2.71 bits per heavy atom. The number of hydrogen-bond acceptors (Lipinski definition) is 4. The number of amidine groups is 1. The van der Waals surface area contributed by atoms with Crippen LogP contribution in [-0.2, 0) is 11.2 Å². The number of amides is 1. The van der Waals surface area contributed by atoms with Crippen LogP contribution in [0.5, 0.6) is 5.75 Å². The molecule has 0 saturated heterocycles. The largest absolute Gasteiger partial charge is 0.508 e. The number of hydrogen-bond donors (Lipinski definition) is 3. The van der Waals surface area contributed by atoms with E-state index in [1.165, 1.54) is 0 Å². The van der Waals surface area contributed by atoms with Crippen molar-refractivity contribution >= 4 is 11.7 Å². The van der Waals surface area contributed by atoms with Crippen LogP contribution in [0.15, 0.2) is 29.4 Å². The van der Waals surface area contributed by atoms with E-state index in [1.54, 1.807) is 29.2 Å². The number of carbonyl (C=O) groups is 1. The summed E-state index contributed by atoms with van der Waals surface area (Å²) >= 11 is 0. The fraction of sp³-hybridized carbons (Fsp3) is 0.467. The lowest BCUT2D eigenvalue weighted by atomic mass is 10.1. The fourth-order valence-corrected chi connectivity index (χ4v) is 2.79. The number of aromatic hydroxyl groups is 1. The normalized spacial score (nSPS) is 16.1. The van der Waals surface area contributed by atoms with E-state index in [4.69, 9.17) is 10.9 Å². The van der Waals surface area contributed by atoms with E-state index in [-0.39, 0.29) is 36.5 Å². The lowest BCUT2D eigenvalue weighted by Gasteiger charge is -2.28. The van der Waals surface area contributed by atoms with Gasteiger partial charge in [0.15, 0.2) is 5.84 Å². The molecule has 0 atom stereocenters. The highest BCUT2D eigenvalue weighted by molar-refractivity contribution is 5.88. The van der Waals surface area contributed by atoms with Gasteiger partial charge in [-0.3, -0.25) is 4.79 Å². The van der Waals surface area contributed by atoms with Crippen molar-refractivity contribution in [3.05, 3.63) is 29.8 Å². The minimum Gasteiger partial charge on any atom is -0.508 e. The van der Waals surface area contributed by atoms with Gasteiger partial charge in [0.2, 0.25) is 5.91 Å². The molecule has 1 aromatic rings. The first-order valence-electron chi connectivity index (χ1n) is 7.14. The molecule has 0 aliphatic heterocycles. The average Bonchev–Trinajstić information content (AvgIpc) is 2.98. The van der Waals surface area contributed by atoms with Crippen molar-refractivity contribution in [2.45, 2.75) is 38.1 Å². The number of oxime groups is 1. The molecule has 1 saturated carbocycles. The predicted octanol–water partition coefficient (Wildman–Crippen LogP) is 1.45. The fourth-order valence-electron chi connectivity index (χ4n) is 2.79. The maximum atomic E-state index is 12.5. The van der Waals surface area contributed by atoms with Crippen LogP contribution in [0.1, 0.15) is 31.2 Å². The minimum atomic E-state index is -0.0703. The summed E-state index contributed by atoms with van der Waals surface area (Å²) in [5, 5.41) is 21.2. The summed E-state index contributed by atoms with van der Waals surface area (Å²) in [5.74, 6) is 0.106. The first-order valence-corrected chi connectivity index (χ1v) is 7.14. The first-order chi connectivity index (χ1) is 10.1. The van der Waals surface area contributed by atoms with Crippen molar-refractivity contribution < 1.29 is 15.1 Å². The summed E-state index contributed by atoms with van der Waals surface area (Å²) in [6, 6.07) is 6.80. The molecular formula is C15H21N3O3. The van der Waals surface area contributed by atoms with E-state index < -0.39 is 0 Å².